The van der Waals surface area contributed by atoms with Crippen LogP contribution in [0.5, 0.6) is 0 Å². The maximum atomic E-state index is 7.23. The molecule has 1 heterocycles. The highest BCUT2D eigenvalue weighted by Gasteiger charge is 1.97. The highest BCUT2D eigenvalue weighted by Crippen LogP contribution is 2.15. The predicted molar refractivity (Wildman–Crippen MR) is 54.7 cm³/mol. The van der Waals surface area contributed by atoms with E-state index in [1.165, 1.54) is 0 Å². The molecule has 0 atom stereocenters. The van der Waals surface area contributed by atoms with E-state index in [4.69, 9.17) is 14.7 Å². The number of hydrogen-bond donors (Lipinski definition) is 5. The van der Waals surface area contributed by atoms with Crippen molar-refractivity contribution in [3.05, 3.63) is 18.2 Å². The Bertz CT molecular complexity index is 405. The van der Waals surface area contributed by atoms with E-state index in [1.54, 1.807) is 0 Å². The second-order valence-electron chi connectivity index (χ2n) is 2.25. The van der Waals surface area contributed by atoms with Crippen molar-refractivity contribution in [2.24, 2.45) is 0 Å². The topological polar surface area (TPSA) is 102 Å². The molecule has 1 aromatic heterocycles. The highest BCUT2D eigenvalue weighted by molar-refractivity contribution is 7.80. The zero-order chi connectivity index (χ0) is 10.6. The molecule has 0 spiro atoms. The Morgan fingerprint density at radius 1 is 1.29 bits per heavy atom. The van der Waals surface area contributed by atoms with Crippen molar-refractivity contribution in [3.63, 3.8) is 0 Å². The molecule has 0 aliphatic rings. The Morgan fingerprint density at radius 3 is 2.50 bits per heavy atom. The summed E-state index contributed by atoms with van der Waals surface area (Å²) in [4.78, 5) is 22.5. The summed E-state index contributed by atoms with van der Waals surface area (Å²) in [6, 6.07) is 5.70. The van der Waals surface area contributed by atoms with Crippen molar-refractivity contribution in [2.75, 3.05) is 0 Å². The minimum atomic E-state index is -2.62. The van der Waals surface area contributed by atoms with Gasteiger partial charge >= 0.3 is 8.60 Å². The fourth-order valence-corrected chi connectivity index (χ4v) is 1.11. The second-order valence-corrected chi connectivity index (χ2v) is 3.27. The van der Waals surface area contributed by atoms with Crippen molar-refractivity contribution < 1.29 is 14.7 Å². The molecule has 0 saturated carbocycles. The van der Waals surface area contributed by atoms with E-state index >= 15 is 0 Å². The molecule has 6 nitrogen and oxygen atoms in total. The molecule has 14 heavy (non-hydrogen) atoms. The highest BCUT2D eigenvalue weighted by atomic mass is 32.1. The van der Waals surface area contributed by atoms with Crippen LogP contribution in [0.4, 0.5) is 0 Å². The molecular formula is C6H8N3O3PS. The molecule has 2 aromatic rings. The molecule has 1 aromatic carbocycles. The second kappa shape index (κ2) is 5.23. The van der Waals surface area contributed by atoms with Crippen LogP contribution in [-0.2, 0) is 0 Å². The number of nitrogens with zero attached hydrogens (tertiary/aromatic N) is 2. The van der Waals surface area contributed by atoms with E-state index in [-0.39, 0.29) is 0 Å². The van der Waals surface area contributed by atoms with Crippen LogP contribution < -0.4 is 0 Å². The van der Waals surface area contributed by atoms with Gasteiger partial charge in [-0.25, -0.2) is 0 Å². The van der Waals surface area contributed by atoms with E-state index in [9.17, 15) is 0 Å². The van der Waals surface area contributed by atoms with Crippen LogP contribution in [0.2, 0.25) is 0 Å². The van der Waals surface area contributed by atoms with Gasteiger partial charge in [0.1, 0.15) is 5.52 Å². The molecule has 2 rings (SSSR count). The molecule has 4 N–H and O–H groups in total. The predicted octanol–water partition coefficient (Wildman–Crippen LogP) is 0.437. The van der Waals surface area contributed by atoms with E-state index in [0.717, 1.165) is 15.9 Å². The zero-order valence-corrected chi connectivity index (χ0v) is 8.65. The largest absolute Gasteiger partial charge is 0.328 e. The third-order valence-corrected chi connectivity index (χ3v) is 1.70. The van der Waals surface area contributed by atoms with Gasteiger partial charge in [-0.1, -0.05) is 11.3 Å². The Hall–Kier alpha value is -0.720. The fraction of sp³-hybridized carbons (Fsp3) is 0. The van der Waals surface area contributed by atoms with Gasteiger partial charge in [-0.05, 0) is 12.1 Å². The van der Waals surface area contributed by atoms with Crippen LogP contribution in [0.1, 0.15) is 0 Å². The maximum absolute atomic E-state index is 7.23. The lowest BCUT2D eigenvalue weighted by Gasteiger charge is -1.87. The van der Waals surface area contributed by atoms with Crippen molar-refractivity contribution >= 4 is 32.3 Å². The fourth-order valence-electron chi connectivity index (χ4n) is 0.856. The normalized spacial score (nSPS) is 10.1. The molecule has 8 heteroatoms. The van der Waals surface area contributed by atoms with Gasteiger partial charge in [0.05, 0.1) is 5.52 Å². The Labute approximate surface area is 86.0 Å². The van der Waals surface area contributed by atoms with Crippen molar-refractivity contribution in [1.29, 1.82) is 0 Å². The summed E-state index contributed by atoms with van der Waals surface area (Å²) in [6.45, 7) is 0. The number of rotatable bonds is 0. The summed E-state index contributed by atoms with van der Waals surface area (Å²) >= 11 is 4.19. The van der Waals surface area contributed by atoms with Gasteiger partial charge in [-0.2, -0.15) is 0 Å². The summed E-state index contributed by atoms with van der Waals surface area (Å²) in [5, 5.41) is 10.2. The van der Waals surface area contributed by atoms with Crippen molar-refractivity contribution in [1.82, 2.24) is 15.4 Å². The molecule has 0 amide bonds. The van der Waals surface area contributed by atoms with Gasteiger partial charge in [0.15, 0.2) is 0 Å². The van der Waals surface area contributed by atoms with E-state index in [0.29, 0.717) is 0 Å². The van der Waals surface area contributed by atoms with Crippen LogP contribution >= 0.6 is 21.2 Å². The van der Waals surface area contributed by atoms with Crippen LogP contribution in [0.3, 0.4) is 0 Å². The minimum Gasteiger partial charge on any atom is -0.328 e. The van der Waals surface area contributed by atoms with Gasteiger partial charge in [0, 0.05) is 4.90 Å². The van der Waals surface area contributed by atoms with Gasteiger partial charge in [-0.15, -0.1) is 17.7 Å². The molecule has 76 valence electrons. The number of fused-ring (bicyclic) bond motifs is 1. The molecule has 0 saturated heterocycles. The molecule has 0 radical (unpaired) electrons. The van der Waals surface area contributed by atoms with Crippen LogP contribution in [0.15, 0.2) is 23.1 Å². The summed E-state index contributed by atoms with van der Waals surface area (Å²) < 4.78 is 0. The lowest BCUT2D eigenvalue weighted by atomic mass is 10.3. The first-order valence-electron chi connectivity index (χ1n) is 3.46. The smallest absolute Gasteiger partial charge is 0.324 e. The van der Waals surface area contributed by atoms with E-state index < -0.39 is 8.60 Å². The van der Waals surface area contributed by atoms with Gasteiger partial charge in [-0.3, -0.25) is 5.10 Å². The third-order valence-electron chi connectivity index (χ3n) is 1.34. The van der Waals surface area contributed by atoms with Crippen molar-refractivity contribution in [2.45, 2.75) is 4.90 Å². The summed E-state index contributed by atoms with van der Waals surface area (Å²) in [5.41, 5.74) is 1.75. The molecule has 0 aliphatic heterocycles. The Balaban J connectivity index is 0.000000213. The van der Waals surface area contributed by atoms with E-state index in [1.807, 2.05) is 18.2 Å². The average molecular weight is 233 g/mol. The zero-order valence-electron chi connectivity index (χ0n) is 6.86. The summed E-state index contributed by atoms with van der Waals surface area (Å²) in [6.07, 6.45) is 0. The number of aromatic amines is 1. The molecule has 0 unspecified atom stereocenters. The van der Waals surface area contributed by atoms with Crippen LogP contribution in [0.25, 0.3) is 11.0 Å². The number of nitrogens with one attached hydrogen (secondary N) is 1. The maximum Gasteiger partial charge on any atom is 0.324 e. The first-order chi connectivity index (χ1) is 6.61. The number of aromatic nitrogens is 3. The SMILES string of the molecule is OP(O)O.Sc1cccc2[nH]nnc12. The first-order valence-corrected chi connectivity index (χ1v) is 5.11. The standard InChI is InChI=1S/C6H5N3S.H3O3P/c10-5-3-1-2-4-6(5)8-9-7-4;1-4(2)3/h1-3,10H,(H,7,8,9);1-3H. The van der Waals surface area contributed by atoms with Gasteiger partial charge in [0.25, 0.3) is 0 Å². The average Bonchev–Trinajstić information content (AvgIpc) is 2.52. The molecule has 0 bridgehead atoms. The van der Waals surface area contributed by atoms with Gasteiger partial charge in [0.2, 0.25) is 0 Å². The van der Waals surface area contributed by atoms with E-state index in [2.05, 4.69) is 28.0 Å². The van der Waals surface area contributed by atoms with Crippen LogP contribution in [0, 0.1) is 0 Å². The summed E-state index contributed by atoms with van der Waals surface area (Å²) in [5.74, 6) is 0. The quantitative estimate of drug-likeness (QED) is 0.335. The van der Waals surface area contributed by atoms with Crippen molar-refractivity contribution in [3.8, 4) is 0 Å². The Morgan fingerprint density at radius 2 is 1.93 bits per heavy atom. The minimum absolute atomic E-state index is 0.825. The Kier molecular flexibility index (Phi) is 4.24. The number of hydrogen-bond acceptors (Lipinski definition) is 6. The monoisotopic (exact) mass is 233 g/mol. The number of thiol groups is 1. The number of benzene rings is 1. The number of H-pyrrole nitrogens is 1. The third kappa shape index (κ3) is 3.21. The lowest BCUT2D eigenvalue weighted by Crippen LogP contribution is -1.70. The lowest BCUT2D eigenvalue weighted by molar-refractivity contribution is 0.368. The molecule has 0 aliphatic carbocycles. The van der Waals surface area contributed by atoms with Gasteiger partial charge < -0.3 is 14.7 Å². The van der Waals surface area contributed by atoms with Crippen LogP contribution in [-0.4, -0.2) is 30.1 Å². The first kappa shape index (κ1) is 11.4. The molecular weight excluding hydrogens is 225 g/mol. The summed E-state index contributed by atoms with van der Waals surface area (Å²) in [7, 11) is -2.62. The molecule has 0 fully saturated rings.